The van der Waals surface area contributed by atoms with Crippen LogP contribution in [-0.4, -0.2) is 30.1 Å². The number of benzene rings is 2. The van der Waals surface area contributed by atoms with Crippen molar-refractivity contribution in [2.45, 2.75) is 25.7 Å². The van der Waals surface area contributed by atoms with Crippen LogP contribution >= 0.6 is 0 Å². The van der Waals surface area contributed by atoms with Gasteiger partial charge in [-0.05, 0) is 25.1 Å². The van der Waals surface area contributed by atoms with Gasteiger partial charge in [0.05, 0.1) is 0 Å². The molecule has 0 bridgehead atoms. The monoisotopic (exact) mass is 333 g/mol. The summed E-state index contributed by atoms with van der Waals surface area (Å²) in [4.78, 5) is 14.0. The van der Waals surface area contributed by atoms with E-state index in [9.17, 15) is 13.6 Å². The third kappa shape index (κ3) is 3.18. The van der Waals surface area contributed by atoms with Gasteiger partial charge in [-0.3, -0.25) is 4.79 Å². The fraction of sp³-hybridized carbons (Fsp3) is 0.278. The fourth-order valence-corrected chi connectivity index (χ4v) is 2.59. The lowest BCUT2D eigenvalue weighted by atomic mass is 10.1. The van der Waals surface area contributed by atoms with Crippen molar-refractivity contribution in [2.24, 2.45) is 0 Å². The third-order valence-corrected chi connectivity index (χ3v) is 3.88. The van der Waals surface area contributed by atoms with Crippen molar-refractivity contribution in [3.8, 4) is 11.5 Å². The van der Waals surface area contributed by atoms with Crippen molar-refractivity contribution in [1.82, 2.24) is 4.90 Å². The third-order valence-electron chi connectivity index (χ3n) is 3.88. The van der Waals surface area contributed by atoms with Gasteiger partial charge in [-0.25, -0.2) is 8.78 Å². The molecular formula is C18H17F2NO3. The zero-order valence-electron chi connectivity index (χ0n) is 13.3. The number of para-hydroxylation sites is 2. The molecule has 6 heteroatoms. The number of carbonyl (C=O) groups excluding carboxylic acids is 1. The zero-order chi connectivity index (χ0) is 17.3. The molecular weight excluding hydrogens is 316 g/mol. The molecule has 4 nitrogen and oxygen atoms in total. The summed E-state index contributed by atoms with van der Waals surface area (Å²) in [5.41, 5.74) is 0.233. The first-order valence-electron chi connectivity index (χ1n) is 7.57. The molecule has 2 atom stereocenters. The fourth-order valence-electron chi connectivity index (χ4n) is 2.59. The van der Waals surface area contributed by atoms with E-state index in [0.717, 1.165) is 12.1 Å². The second-order valence-corrected chi connectivity index (χ2v) is 5.74. The van der Waals surface area contributed by atoms with Gasteiger partial charge in [-0.15, -0.1) is 0 Å². The number of nitrogens with zero attached hydrogens (tertiary/aromatic N) is 1. The van der Waals surface area contributed by atoms with Crippen LogP contribution in [0.3, 0.4) is 0 Å². The first-order chi connectivity index (χ1) is 11.5. The highest BCUT2D eigenvalue weighted by molar-refractivity contribution is 5.82. The molecule has 1 aliphatic rings. The van der Waals surface area contributed by atoms with E-state index in [2.05, 4.69) is 0 Å². The maximum absolute atomic E-state index is 13.8. The molecule has 1 heterocycles. The molecule has 3 rings (SSSR count). The molecule has 1 aliphatic heterocycles. The second kappa shape index (κ2) is 6.47. The lowest BCUT2D eigenvalue weighted by Crippen LogP contribution is -2.49. The van der Waals surface area contributed by atoms with Gasteiger partial charge < -0.3 is 14.4 Å². The van der Waals surface area contributed by atoms with Crippen LogP contribution in [0.4, 0.5) is 8.78 Å². The molecule has 0 aliphatic carbocycles. The van der Waals surface area contributed by atoms with E-state index in [1.54, 1.807) is 32.2 Å². The van der Waals surface area contributed by atoms with Gasteiger partial charge in [0.1, 0.15) is 17.7 Å². The van der Waals surface area contributed by atoms with Gasteiger partial charge in [0, 0.05) is 25.2 Å². The van der Waals surface area contributed by atoms with Crippen molar-refractivity contribution in [3.63, 3.8) is 0 Å². The van der Waals surface area contributed by atoms with E-state index in [0.29, 0.717) is 11.5 Å². The van der Waals surface area contributed by atoms with E-state index >= 15 is 0 Å². The number of hydrogen-bond donors (Lipinski definition) is 0. The first-order valence-corrected chi connectivity index (χ1v) is 7.57. The maximum Gasteiger partial charge on any atom is 0.267 e. The molecule has 0 spiro atoms. The van der Waals surface area contributed by atoms with Gasteiger partial charge in [0.15, 0.2) is 11.5 Å². The lowest BCUT2D eigenvalue weighted by Gasteiger charge is -2.33. The number of fused-ring (bicyclic) bond motifs is 1. The Bertz CT molecular complexity index is 766. The predicted octanol–water partition coefficient (Wildman–Crippen LogP) is 3.15. The quantitative estimate of drug-likeness (QED) is 0.866. The van der Waals surface area contributed by atoms with E-state index in [1.807, 2.05) is 6.07 Å². The van der Waals surface area contributed by atoms with Gasteiger partial charge in [0.25, 0.3) is 5.91 Å². The molecule has 2 aromatic rings. The van der Waals surface area contributed by atoms with Crippen LogP contribution in [0.2, 0.25) is 0 Å². The highest BCUT2D eigenvalue weighted by Gasteiger charge is 2.35. The molecule has 0 fully saturated rings. The smallest absolute Gasteiger partial charge is 0.267 e. The number of halogens is 2. The zero-order valence-corrected chi connectivity index (χ0v) is 13.3. The summed E-state index contributed by atoms with van der Waals surface area (Å²) >= 11 is 0. The van der Waals surface area contributed by atoms with Gasteiger partial charge in [0.2, 0.25) is 6.10 Å². The minimum atomic E-state index is -0.826. The highest BCUT2D eigenvalue weighted by atomic mass is 19.1. The summed E-state index contributed by atoms with van der Waals surface area (Å²) in [5, 5.41) is 0. The summed E-state index contributed by atoms with van der Waals surface area (Å²) in [6, 6.07) is 10.4. The highest BCUT2D eigenvalue weighted by Crippen LogP contribution is 2.33. The Morgan fingerprint density at radius 2 is 1.79 bits per heavy atom. The summed E-state index contributed by atoms with van der Waals surface area (Å²) in [5.74, 6) is -0.592. The molecule has 0 aromatic heterocycles. The Morgan fingerprint density at radius 3 is 2.46 bits per heavy atom. The first kappa shape index (κ1) is 16.2. The van der Waals surface area contributed by atoms with Crippen LogP contribution in [0.1, 0.15) is 12.5 Å². The number of amides is 1. The van der Waals surface area contributed by atoms with E-state index in [-0.39, 0.29) is 18.0 Å². The minimum absolute atomic E-state index is 0.0131. The Morgan fingerprint density at radius 1 is 1.12 bits per heavy atom. The molecule has 2 aromatic carbocycles. The van der Waals surface area contributed by atoms with E-state index < -0.39 is 23.8 Å². The minimum Gasteiger partial charge on any atom is -0.482 e. The van der Waals surface area contributed by atoms with Gasteiger partial charge in [-0.1, -0.05) is 18.2 Å². The van der Waals surface area contributed by atoms with E-state index in [4.69, 9.17) is 9.47 Å². The maximum atomic E-state index is 13.8. The molecule has 0 unspecified atom stereocenters. The standard InChI is InChI=1S/C18H17F2NO3/c1-11-17(24-16-6-4-3-5-15(16)23-11)18(22)21(2)10-12-7-8-13(19)9-14(12)20/h3-9,11,17H,10H2,1-2H3/t11-,17+/m1/s1. The number of hydrogen-bond acceptors (Lipinski definition) is 3. The molecule has 24 heavy (non-hydrogen) atoms. The van der Waals surface area contributed by atoms with Crippen LogP contribution < -0.4 is 9.47 Å². The Balaban J connectivity index is 1.74. The Kier molecular flexibility index (Phi) is 4.38. The van der Waals surface area contributed by atoms with Gasteiger partial charge in [-0.2, -0.15) is 0 Å². The lowest BCUT2D eigenvalue weighted by molar-refractivity contribution is -0.143. The molecule has 1 amide bonds. The molecule has 126 valence electrons. The molecule has 0 saturated carbocycles. The Labute approximate surface area is 138 Å². The molecule has 0 saturated heterocycles. The van der Waals surface area contributed by atoms with Crippen LogP contribution in [0.5, 0.6) is 11.5 Å². The van der Waals surface area contributed by atoms with Crippen molar-refractivity contribution in [1.29, 1.82) is 0 Å². The van der Waals surface area contributed by atoms with Crippen molar-refractivity contribution < 1.29 is 23.0 Å². The topological polar surface area (TPSA) is 38.8 Å². The van der Waals surface area contributed by atoms with Gasteiger partial charge >= 0.3 is 0 Å². The summed E-state index contributed by atoms with van der Waals surface area (Å²) in [6.07, 6.45) is -1.30. The van der Waals surface area contributed by atoms with E-state index in [1.165, 1.54) is 11.0 Å². The summed E-state index contributed by atoms with van der Waals surface area (Å²) in [7, 11) is 1.54. The largest absolute Gasteiger partial charge is 0.482 e. The predicted molar refractivity (Wildman–Crippen MR) is 83.8 cm³/mol. The number of likely N-dealkylation sites (N-methyl/N-ethyl adjacent to an activating group) is 1. The Hall–Kier alpha value is -2.63. The van der Waals surface area contributed by atoms with Crippen LogP contribution in [0.15, 0.2) is 42.5 Å². The number of rotatable bonds is 3. The summed E-state index contributed by atoms with van der Waals surface area (Å²) in [6.45, 7) is 1.75. The molecule has 0 radical (unpaired) electrons. The SMILES string of the molecule is C[C@H]1Oc2ccccc2O[C@@H]1C(=O)N(C)Cc1ccc(F)cc1F. The average Bonchev–Trinajstić information content (AvgIpc) is 2.56. The number of carbonyl (C=O) groups is 1. The second-order valence-electron chi connectivity index (χ2n) is 5.74. The van der Waals surface area contributed by atoms with Crippen molar-refractivity contribution >= 4 is 5.91 Å². The summed E-state index contributed by atoms with van der Waals surface area (Å²) < 4.78 is 38.2. The van der Waals surface area contributed by atoms with Crippen LogP contribution in [0.25, 0.3) is 0 Å². The van der Waals surface area contributed by atoms with Crippen LogP contribution in [-0.2, 0) is 11.3 Å². The van der Waals surface area contributed by atoms with Crippen LogP contribution in [0, 0.1) is 11.6 Å². The normalized spacial score (nSPS) is 19.0. The van der Waals surface area contributed by atoms with Crippen molar-refractivity contribution in [2.75, 3.05) is 7.05 Å². The average molecular weight is 333 g/mol. The van der Waals surface area contributed by atoms with Crippen molar-refractivity contribution in [3.05, 3.63) is 59.7 Å². The molecule has 0 N–H and O–H groups in total. The number of ether oxygens (including phenoxy) is 2.